The van der Waals surface area contributed by atoms with Gasteiger partial charge in [0.2, 0.25) is 5.12 Å². The van der Waals surface area contributed by atoms with Crippen LogP contribution in [0, 0.1) is 0 Å². The largest absolute Gasteiger partial charge is 0.460 e. The molecule has 2 aromatic carbocycles. The lowest BCUT2D eigenvalue weighted by Gasteiger charge is -2.32. The van der Waals surface area contributed by atoms with Crippen LogP contribution in [0.3, 0.4) is 0 Å². The van der Waals surface area contributed by atoms with E-state index in [0.717, 1.165) is 29.7 Å². The number of benzene rings is 2. The Kier molecular flexibility index (Phi) is 16.8. The van der Waals surface area contributed by atoms with Gasteiger partial charge in [0.1, 0.15) is 12.2 Å². The molecule has 0 aliphatic heterocycles. The molecule has 0 unspecified atom stereocenters. The second-order valence-electron chi connectivity index (χ2n) is 9.68. The van der Waals surface area contributed by atoms with E-state index in [0.29, 0.717) is 13.0 Å². The molecule has 5 nitrogen and oxygen atoms in total. The summed E-state index contributed by atoms with van der Waals surface area (Å²) in [5.74, 6) is 0.348. The maximum atomic E-state index is 13.5. The molecule has 3 atom stereocenters. The molecule has 0 N–H and O–H groups in total. The number of thioether (sulfide) groups is 1. The topological polar surface area (TPSA) is 61.8 Å². The highest BCUT2D eigenvalue weighted by Gasteiger charge is 2.37. The predicted octanol–water partition coefficient (Wildman–Crippen LogP) is 7.90. The van der Waals surface area contributed by atoms with E-state index in [4.69, 9.17) is 14.2 Å². The SMILES string of the molecule is CCCCCCCCCCSC(=O)[C@H](OCc1ccccc1)[C@H](OCc1ccccc1)[C@@H](CC)OC(C)=O. The molecule has 0 saturated carbocycles. The van der Waals surface area contributed by atoms with Gasteiger partial charge >= 0.3 is 5.97 Å². The van der Waals surface area contributed by atoms with E-state index in [9.17, 15) is 9.59 Å². The summed E-state index contributed by atoms with van der Waals surface area (Å²) in [5.41, 5.74) is 1.96. The van der Waals surface area contributed by atoms with Crippen molar-refractivity contribution in [2.24, 2.45) is 0 Å². The first-order valence-electron chi connectivity index (χ1n) is 14.2. The standard InChI is InChI=1S/C32H46O5S/c1-4-6-7-8-9-10-11-18-23-38-32(34)31(36-25-28-21-16-13-17-22-28)30(29(5-2)37-26(3)33)35-24-27-19-14-12-15-20-27/h12-17,19-22,29-31H,4-11,18,23-25H2,1-3H3/t29-,30-,31-/m1/s1. The number of esters is 1. The first kappa shape index (κ1) is 32.1. The van der Waals surface area contributed by atoms with Crippen LogP contribution >= 0.6 is 11.8 Å². The van der Waals surface area contributed by atoms with E-state index < -0.39 is 24.3 Å². The van der Waals surface area contributed by atoms with Crippen LogP contribution in [0.15, 0.2) is 60.7 Å². The second-order valence-corrected chi connectivity index (χ2v) is 10.8. The van der Waals surface area contributed by atoms with Crippen molar-refractivity contribution in [1.29, 1.82) is 0 Å². The minimum absolute atomic E-state index is 0.0764. The van der Waals surface area contributed by atoms with Gasteiger partial charge in [0.25, 0.3) is 0 Å². The summed E-state index contributed by atoms with van der Waals surface area (Å²) in [6.07, 6.45) is 8.12. The minimum Gasteiger partial charge on any atom is -0.460 e. The lowest BCUT2D eigenvalue weighted by atomic mass is 10.1. The number of hydrogen-bond donors (Lipinski definition) is 0. The maximum Gasteiger partial charge on any atom is 0.302 e. The van der Waals surface area contributed by atoms with Crippen molar-refractivity contribution in [3.05, 3.63) is 71.8 Å². The molecule has 2 aromatic rings. The molecule has 0 amide bonds. The summed E-state index contributed by atoms with van der Waals surface area (Å²) in [7, 11) is 0. The van der Waals surface area contributed by atoms with Crippen molar-refractivity contribution < 1.29 is 23.8 Å². The molecule has 38 heavy (non-hydrogen) atoms. The van der Waals surface area contributed by atoms with Crippen molar-refractivity contribution in [2.75, 3.05) is 5.75 Å². The van der Waals surface area contributed by atoms with Gasteiger partial charge in [-0.15, -0.1) is 0 Å². The number of ether oxygens (including phenoxy) is 3. The lowest BCUT2D eigenvalue weighted by molar-refractivity contribution is -0.173. The highest BCUT2D eigenvalue weighted by molar-refractivity contribution is 8.13. The molecule has 0 radical (unpaired) electrons. The van der Waals surface area contributed by atoms with Crippen LogP contribution in [0.25, 0.3) is 0 Å². The van der Waals surface area contributed by atoms with Gasteiger partial charge in [-0.25, -0.2) is 0 Å². The van der Waals surface area contributed by atoms with Gasteiger partial charge < -0.3 is 14.2 Å². The highest BCUT2D eigenvalue weighted by atomic mass is 32.2. The number of hydrogen-bond acceptors (Lipinski definition) is 6. The van der Waals surface area contributed by atoms with Crippen molar-refractivity contribution in [2.45, 2.75) is 110 Å². The average molecular weight is 543 g/mol. The first-order valence-corrected chi connectivity index (χ1v) is 15.2. The van der Waals surface area contributed by atoms with Crippen molar-refractivity contribution in [3.63, 3.8) is 0 Å². The Hall–Kier alpha value is -2.15. The zero-order valence-electron chi connectivity index (χ0n) is 23.4. The van der Waals surface area contributed by atoms with Crippen LogP contribution in [0.1, 0.15) is 89.7 Å². The molecule has 0 aliphatic rings. The van der Waals surface area contributed by atoms with E-state index in [-0.39, 0.29) is 11.7 Å². The number of carbonyl (C=O) groups excluding carboxylic acids is 2. The molecular formula is C32H46O5S. The molecule has 0 bridgehead atoms. The molecule has 0 aliphatic carbocycles. The Bertz CT molecular complexity index is 889. The van der Waals surface area contributed by atoms with Gasteiger partial charge in [0, 0.05) is 12.7 Å². The van der Waals surface area contributed by atoms with E-state index in [1.165, 1.54) is 57.2 Å². The Morgan fingerprint density at radius 2 is 1.26 bits per heavy atom. The van der Waals surface area contributed by atoms with Crippen LogP contribution < -0.4 is 0 Å². The number of rotatable bonds is 20. The van der Waals surface area contributed by atoms with Gasteiger partial charge in [-0.05, 0) is 24.0 Å². The maximum absolute atomic E-state index is 13.5. The van der Waals surface area contributed by atoms with Gasteiger partial charge in [0.05, 0.1) is 13.2 Å². The zero-order chi connectivity index (χ0) is 27.4. The Labute approximate surface area is 234 Å². The first-order chi connectivity index (χ1) is 18.5. The molecule has 2 rings (SSSR count). The van der Waals surface area contributed by atoms with Crippen molar-refractivity contribution in [1.82, 2.24) is 0 Å². The molecule has 6 heteroatoms. The Balaban J connectivity index is 2.08. The van der Waals surface area contributed by atoms with Crippen LogP contribution in [-0.4, -0.2) is 35.1 Å². The summed E-state index contributed by atoms with van der Waals surface area (Å²) >= 11 is 1.30. The van der Waals surface area contributed by atoms with Gasteiger partial charge in [-0.3, -0.25) is 9.59 Å². The minimum atomic E-state index is -0.859. The summed E-state index contributed by atoms with van der Waals surface area (Å²) in [6, 6.07) is 19.6. The lowest BCUT2D eigenvalue weighted by Crippen LogP contribution is -2.46. The molecule has 210 valence electrons. The van der Waals surface area contributed by atoms with Crippen molar-refractivity contribution in [3.8, 4) is 0 Å². The molecular weight excluding hydrogens is 496 g/mol. The van der Waals surface area contributed by atoms with Gasteiger partial charge in [-0.1, -0.05) is 131 Å². The quantitative estimate of drug-likeness (QED) is 0.125. The van der Waals surface area contributed by atoms with E-state index in [2.05, 4.69) is 6.92 Å². The summed E-state index contributed by atoms with van der Waals surface area (Å²) in [5, 5.41) is -0.0764. The monoisotopic (exact) mass is 542 g/mol. The number of carbonyl (C=O) groups is 2. The fourth-order valence-electron chi connectivity index (χ4n) is 4.30. The normalized spacial score (nSPS) is 13.6. The third-order valence-corrected chi connectivity index (χ3v) is 7.43. The Morgan fingerprint density at radius 1 is 0.737 bits per heavy atom. The molecule has 0 aromatic heterocycles. The molecule has 0 heterocycles. The van der Waals surface area contributed by atoms with E-state index in [1.54, 1.807) is 0 Å². The molecule has 0 saturated heterocycles. The third-order valence-electron chi connectivity index (χ3n) is 6.42. The van der Waals surface area contributed by atoms with E-state index in [1.807, 2.05) is 67.6 Å². The predicted molar refractivity (Wildman–Crippen MR) is 156 cm³/mol. The van der Waals surface area contributed by atoms with Crippen molar-refractivity contribution >= 4 is 22.8 Å². The fraction of sp³-hybridized carbons (Fsp3) is 0.562. The van der Waals surface area contributed by atoms with Crippen LogP contribution in [-0.2, 0) is 37.0 Å². The van der Waals surface area contributed by atoms with Crippen LogP contribution in [0.5, 0.6) is 0 Å². The molecule has 0 fully saturated rings. The second kappa shape index (κ2) is 19.9. The number of unbranched alkanes of at least 4 members (excludes halogenated alkanes) is 7. The smallest absolute Gasteiger partial charge is 0.302 e. The third kappa shape index (κ3) is 13.1. The van der Waals surface area contributed by atoms with Gasteiger partial charge in [-0.2, -0.15) is 0 Å². The van der Waals surface area contributed by atoms with Gasteiger partial charge in [0.15, 0.2) is 6.10 Å². The summed E-state index contributed by atoms with van der Waals surface area (Å²) in [4.78, 5) is 25.5. The summed E-state index contributed by atoms with van der Waals surface area (Å²) in [6.45, 7) is 6.12. The van der Waals surface area contributed by atoms with E-state index >= 15 is 0 Å². The summed E-state index contributed by atoms with van der Waals surface area (Å²) < 4.78 is 18.2. The highest BCUT2D eigenvalue weighted by Crippen LogP contribution is 2.24. The Morgan fingerprint density at radius 3 is 1.79 bits per heavy atom. The zero-order valence-corrected chi connectivity index (χ0v) is 24.3. The van der Waals surface area contributed by atoms with Crippen LogP contribution in [0.2, 0.25) is 0 Å². The average Bonchev–Trinajstić information content (AvgIpc) is 2.93. The van der Waals surface area contributed by atoms with Crippen LogP contribution in [0.4, 0.5) is 0 Å². The molecule has 0 spiro atoms. The fourth-order valence-corrected chi connectivity index (χ4v) is 5.22.